The Bertz CT molecular complexity index is 5770. The fourth-order valence-electron chi connectivity index (χ4n) is 20.1. The molecule has 6 aliphatic rings. The lowest BCUT2D eigenvalue weighted by Crippen LogP contribution is -2.61. The van der Waals surface area contributed by atoms with Gasteiger partial charge in [0.25, 0.3) is 6.71 Å². The summed E-state index contributed by atoms with van der Waals surface area (Å²) in [6.45, 7) is 33.5. The molecule has 0 saturated heterocycles. The first-order valence-corrected chi connectivity index (χ1v) is 39.7. The van der Waals surface area contributed by atoms with Crippen LogP contribution in [-0.4, -0.2) is 21.9 Å². The fourth-order valence-corrected chi connectivity index (χ4v) is 20.1. The summed E-state index contributed by atoms with van der Waals surface area (Å²) in [7, 11) is 0. The average Bonchev–Trinajstić information content (AvgIpc) is 0.934. The molecule has 0 N–H and O–H groups in total. The smallest absolute Gasteiger partial charge is 0.252 e. The molecule has 20 rings (SSSR count). The molecule has 0 saturated carbocycles. The first kappa shape index (κ1) is 66.6. The van der Waals surface area contributed by atoms with Gasteiger partial charge in [-0.05, 0) is 227 Å². The van der Waals surface area contributed by atoms with Gasteiger partial charge >= 0.3 is 0 Å². The molecule has 2 unspecified atom stereocenters. The van der Waals surface area contributed by atoms with Gasteiger partial charge in [-0.15, -0.1) is 0 Å². The number of hydrogen-bond acceptors (Lipinski definition) is 3. The number of fused-ring (bicyclic) bond motifs is 15. The summed E-state index contributed by atoms with van der Waals surface area (Å²) in [5.74, 6) is 0.124. The van der Waals surface area contributed by atoms with Crippen LogP contribution in [0, 0.1) is 5.41 Å². The summed E-state index contributed by atoms with van der Waals surface area (Å²) in [6, 6.07) is 97.4. The number of rotatable bonds is 7. The number of aromatic nitrogens is 2. The largest absolute Gasteiger partial charge is 0.333 e. The van der Waals surface area contributed by atoms with Crippen LogP contribution in [0.1, 0.15) is 162 Å². The van der Waals surface area contributed by atoms with Crippen LogP contribution in [0.2, 0.25) is 0 Å². The minimum Gasteiger partial charge on any atom is -0.333 e. The van der Waals surface area contributed by atoms with E-state index in [4.69, 9.17) is 0 Å². The van der Waals surface area contributed by atoms with Gasteiger partial charge in [0.05, 0.1) is 28.1 Å². The van der Waals surface area contributed by atoms with Gasteiger partial charge in [0.1, 0.15) is 0 Å². The molecular weight excluding hydrogens is 1310 g/mol. The standard InChI is InChI=1S/C102H96BN5/c1-97(2,3)67-37-49-90-78(57-67)79-58-68(98(4,5)6)38-50-91(79)108(90)73-61-94-96-95(62-73)105(70-41-33-64(34-42-70)66-36-46-81-83(56-66)102(13,14)54-52-100(81,9)10)93-60-72(107-88-29-21-17-25-76(88)77-26-18-22-30-89(77)107)44-48-85(93)103(96)84-47-43-71(106-86-27-19-15-23-74(86)75-24-16-20-28-87(75)106)59-92(84)104(94)69-39-31-63(32-40-69)65-35-45-80-82(55-65)101(11,12)53-51-99(80,7)8/h15-50,55-62,78,90H,51-54H2,1-14H3. The summed E-state index contributed by atoms with van der Waals surface area (Å²) < 4.78 is 5.02. The summed E-state index contributed by atoms with van der Waals surface area (Å²) in [6.07, 6.45) is 12.3. The predicted molar refractivity (Wildman–Crippen MR) is 461 cm³/mol. The van der Waals surface area contributed by atoms with Gasteiger partial charge in [-0.3, -0.25) is 0 Å². The van der Waals surface area contributed by atoms with Crippen LogP contribution in [0.25, 0.3) is 77.2 Å². The van der Waals surface area contributed by atoms with Crippen molar-refractivity contribution in [2.24, 2.45) is 5.41 Å². The second-order valence-corrected chi connectivity index (χ2v) is 37.0. The van der Waals surface area contributed by atoms with Crippen LogP contribution < -0.4 is 31.1 Å². The number of allylic oxidation sites excluding steroid dienone is 2. The summed E-state index contributed by atoms with van der Waals surface area (Å²) in [5, 5.41) is 4.99. The van der Waals surface area contributed by atoms with Crippen molar-refractivity contribution < 1.29 is 0 Å². The Labute approximate surface area is 638 Å². The molecule has 532 valence electrons. The zero-order chi connectivity index (χ0) is 74.0. The van der Waals surface area contributed by atoms with Gasteiger partial charge in [0.15, 0.2) is 0 Å². The highest BCUT2D eigenvalue weighted by atomic mass is 15.2. The van der Waals surface area contributed by atoms with E-state index in [1.165, 1.54) is 164 Å². The molecular formula is C102H96BN5. The zero-order valence-electron chi connectivity index (χ0n) is 65.2. The topological polar surface area (TPSA) is 19.6 Å². The highest BCUT2D eigenvalue weighted by molar-refractivity contribution is 7.00. The molecule has 2 atom stereocenters. The van der Waals surface area contributed by atoms with Gasteiger partial charge in [-0.2, -0.15) is 0 Å². The molecule has 3 aliphatic heterocycles. The molecule has 0 fully saturated rings. The predicted octanol–water partition coefficient (Wildman–Crippen LogP) is 25.4. The van der Waals surface area contributed by atoms with Crippen LogP contribution in [-0.2, 0) is 27.1 Å². The zero-order valence-corrected chi connectivity index (χ0v) is 65.2. The van der Waals surface area contributed by atoms with Crippen LogP contribution >= 0.6 is 0 Å². The third-order valence-electron chi connectivity index (χ3n) is 26.5. The highest BCUT2D eigenvalue weighted by Crippen LogP contribution is 2.56. The van der Waals surface area contributed by atoms with Crippen LogP contribution in [0.4, 0.5) is 45.5 Å². The molecule has 3 aliphatic carbocycles. The van der Waals surface area contributed by atoms with Crippen molar-refractivity contribution >= 4 is 112 Å². The first-order chi connectivity index (χ1) is 51.8. The maximum absolute atomic E-state index is 2.72. The molecule has 0 bridgehead atoms. The lowest BCUT2D eigenvalue weighted by molar-refractivity contribution is 0.332. The van der Waals surface area contributed by atoms with E-state index in [1.807, 2.05) is 0 Å². The van der Waals surface area contributed by atoms with Crippen molar-refractivity contribution in [1.29, 1.82) is 0 Å². The number of para-hydroxylation sites is 4. The van der Waals surface area contributed by atoms with E-state index in [1.54, 1.807) is 0 Å². The Morgan fingerprint density at radius 3 is 1.15 bits per heavy atom. The summed E-state index contributed by atoms with van der Waals surface area (Å²) in [5.41, 5.74) is 35.4. The summed E-state index contributed by atoms with van der Waals surface area (Å²) >= 11 is 0. The van der Waals surface area contributed by atoms with Gasteiger partial charge in [-0.25, -0.2) is 0 Å². The molecule has 2 aromatic heterocycles. The maximum Gasteiger partial charge on any atom is 0.252 e. The van der Waals surface area contributed by atoms with Crippen LogP contribution in [0.15, 0.2) is 273 Å². The number of nitrogens with zero attached hydrogens (tertiary/aromatic N) is 5. The van der Waals surface area contributed by atoms with Gasteiger partial charge in [0, 0.05) is 84.3 Å². The highest BCUT2D eigenvalue weighted by Gasteiger charge is 2.48. The van der Waals surface area contributed by atoms with Crippen molar-refractivity contribution in [1.82, 2.24) is 9.13 Å². The number of anilines is 8. The molecule has 5 nitrogen and oxygen atoms in total. The Kier molecular flexibility index (Phi) is 14.4. The molecule has 0 spiro atoms. The van der Waals surface area contributed by atoms with Crippen LogP contribution in [0.3, 0.4) is 0 Å². The van der Waals surface area contributed by atoms with Gasteiger partial charge in [0.2, 0.25) is 0 Å². The van der Waals surface area contributed by atoms with Gasteiger partial charge < -0.3 is 23.8 Å². The molecule has 6 heteroatoms. The Balaban J connectivity index is 0.871. The molecule has 14 aromatic rings. The quantitative estimate of drug-likeness (QED) is 0.148. The SMILES string of the molecule is CC(C)(C)C1=CC2c3cc(C(C)(C)C)ccc3N(c3cc4c5c(c3)N(c3ccc(-c6ccc7c(c6)C(C)(C)CCC7(C)C)cc3)c3cc(-n6c7ccccc7c7ccccc76)ccc3B5c3ccc(-n5c6ccccc6c6ccccc65)cc3N4c3ccc(-c4ccc5c(c4)C(C)(C)CCC5(C)C)cc3)C2C=C1. The maximum atomic E-state index is 2.72. The van der Waals surface area contributed by atoms with E-state index in [2.05, 4.69) is 388 Å². The minimum atomic E-state index is -0.175. The van der Waals surface area contributed by atoms with Crippen molar-refractivity contribution in [2.45, 2.75) is 162 Å². The average molecular weight is 1400 g/mol. The Hall–Kier alpha value is -10.8. The van der Waals surface area contributed by atoms with E-state index in [9.17, 15) is 0 Å². The lowest BCUT2D eigenvalue weighted by Gasteiger charge is -2.45. The molecule has 12 aromatic carbocycles. The molecule has 108 heavy (non-hydrogen) atoms. The number of hydrogen-bond donors (Lipinski definition) is 0. The first-order valence-electron chi connectivity index (χ1n) is 39.7. The van der Waals surface area contributed by atoms with E-state index < -0.39 is 0 Å². The second kappa shape index (κ2) is 23.4. The molecule has 0 radical (unpaired) electrons. The Morgan fingerprint density at radius 1 is 0.343 bits per heavy atom. The Morgan fingerprint density at radius 2 is 0.731 bits per heavy atom. The number of benzene rings is 12. The summed E-state index contributed by atoms with van der Waals surface area (Å²) in [4.78, 5) is 8.05. The van der Waals surface area contributed by atoms with E-state index in [0.717, 1.165) is 39.8 Å². The van der Waals surface area contributed by atoms with Crippen molar-refractivity contribution in [3.05, 3.63) is 306 Å². The van der Waals surface area contributed by atoms with Crippen LogP contribution in [0.5, 0.6) is 0 Å². The van der Waals surface area contributed by atoms with Crippen molar-refractivity contribution in [3.63, 3.8) is 0 Å². The van der Waals surface area contributed by atoms with E-state index in [-0.39, 0.29) is 51.2 Å². The molecule has 5 heterocycles. The van der Waals surface area contributed by atoms with Gasteiger partial charge in [-0.1, -0.05) is 273 Å². The third kappa shape index (κ3) is 10.1. The molecule has 0 amide bonds. The monoisotopic (exact) mass is 1400 g/mol. The normalized spacial score (nSPS) is 18.4. The van der Waals surface area contributed by atoms with Crippen molar-refractivity contribution in [3.8, 4) is 33.6 Å². The van der Waals surface area contributed by atoms with E-state index >= 15 is 0 Å². The third-order valence-corrected chi connectivity index (χ3v) is 26.5. The lowest BCUT2D eigenvalue weighted by atomic mass is 9.33. The second-order valence-electron chi connectivity index (χ2n) is 37.0. The fraction of sp³-hybridized carbons (Fsp3) is 0.255. The minimum absolute atomic E-state index is 0.0118. The van der Waals surface area contributed by atoms with Crippen molar-refractivity contribution in [2.75, 3.05) is 14.7 Å². The van der Waals surface area contributed by atoms with E-state index in [0.29, 0.717) is 0 Å².